The molecule has 190 valence electrons. The van der Waals surface area contributed by atoms with E-state index in [2.05, 4.69) is 19.9 Å². The number of benzene rings is 2. The van der Waals surface area contributed by atoms with Gasteiger partial charge in [0.1, 0.15) is 6.33 Å². The number of hydrogen-bond donors (Lipinski definition) is 0. The SMILES string of the molecule is C.CCOc1ncc(-c2ccc3ncnc(-c4cccc(C(=O)N5CCN(C(C)=O)CC5)c4)c3c2)cn1. The van der Waals surface area contributed by atoms with E-state index in [1.807, 2.05) is 49.4 Å². The Morgan fingerprint density at radius 1 is 0.865 bits per heavy atom. The average molecular weight is 499 g/mol. The second-order valence-corrected chi connectivity index (χ2v) is 8.52. The first-order valence-electron chi connectivity index (χ1n) is 11.9. The van der Waals surface area contributed by atoms with Gasteiger partial charge in [-0.1, -0.05) is 25.6 Å². The Kier molecular flexibility index (Phi) is 7.71. The van der Waals surface area contributed by atoms with E-state index in [4.69, 9.17) is 4.74 Å². The first-order chi connectivity index (χ1) is 17.5. The van der Waals surface area contributed by atoms with Gasteiger partial charge in [0, 0.05) is 67.6 Å². The van der Waals surface area contributed by atoms with Gasteiger partial charge in [-0.3, -0.25) is 9.59 Å². The maximum atomic E-state index is 13.2. The Hall–Kier alpha value is -4.40. The molecule has 1 saturated heterocycles. The third-order valence-corrected chi connectivity index (χ3v) is 6.27. The second kappa shape index (κ2) is 11.1. The van der Waals surface area contributed by atoms with Gasteiger partial charge in [-0.2, -0.15) is 0 Å². The second-order valence-electron chi connectivity index (χ2n) is 8.52. The van der Waals surface area contributed by atoms with Crippen LogP contribution in [0.1, 0.15) is 31.6 Å². The highest BCUT2D eigenvalue weighted by molar-refractivity contribution is 5.98. The summed E-state index contributed by atoms with van der Waals surface area (Å²) in [6.45, 7) is 6.09. The lowest BCUT2D eigenvalue weighted by molar-refractivity contribution is -0.130. The average Bonchev–Trinajstić information content (AvgIpc) is 2.93. The van der Waals surface area contributed by atoms with E-state index in [0.29, 0.717) is 44.4 Å². The first-order valence-corrected chi connectivity index (χ1v) is 11.9. The number of hydrogen-bond acceptors (Lipinski definition) is 7. The summed E-state index contributed by atoms with van der Waals surface area (Å²) in [5.74, 6) is -0.0125. The number of fused-ring (bicyclic) bond motifs is 1. The third kappa shape index (κ3) is 5.40. The molecular formula is C28H30N6O3. The fourth-order valence-corrected chi connectivity index (χ4v) is 4.34. The molecule has 5 rings (SSSR count). The Morgan fingerprint density at radius 3 is 2.30 bits per heavy atom. The molecule has 1 aliphatic rings. The molecule has 0 unspecified atom stereocenters. The van der Waals surface area contributed by atoms with Crippen molar-refractivity contribution in [3.8, 4) is 28.4 Å². The van der Waals surface area contributed by atoms with Gasteiger partial charge in [-0.15, -0.1) is 0 Å². The van der Waals surface area contributed by atoms with Crippen LogP contribution < -0.4 is 4.74 Å². The maximum absolute atomic E-state index is 13.2. The Bertz CT molecular complexity index is 1420. The summed E-state index contributed by atoms with van der Waals surface area (Å²) in [6, 6.07) is 13.8. The van der Waals surface area contributed by atoms with E-state index < -0.39 is 0 Å². The molecule has 0 saturated carbocycles. The minimum Gasteiger partial charge on any atom is -0.464 e. The van der Waals surface area contributed by atoms with Crippen molar-refractivity contribution < 1.29 is 14.3 Å². The topological polar surface area (TPSA) is 101 Å². The fraction of sp³-hybridized carbons (Fsp3) is 0.286. The zero-order valence-electron chi connectivity index (χ0n) is 20.2. The number of ether oxygens (including phenoxy) is 1. The highest BCUT2D eigenvalue weighted by atomic mass is 16.5. The summed E-state index contributed by atoms with van der Waals surface area (Å²) in [6.07, 6.45) is 4.99. The molecule has 0 N–H and O–H groups in total. The van der Waals surface area contributed by atoms with Crippen LogP contribution in [-0.4, -0.2) is 74.3 Å². The van der Waals surface area contributed by atoms with Gasteiger partial charge in [0.15, 0.2) is 0 Å². The molecule has 4 aromatic rings. The summed E-state index contributed by atoms with van der Waals surface area (Å²) in [5.41, 5.74) is 4.74. The molecule has 2 aromatic heterocycles. The van der Waals surface area contributed by atoms with E-state index in [-0.39, 0.29) is 19.2 Å². The Morgan fingerprint density at radius 2 is 1.59 bits per heavy atom. The Labute approximate surface area is 216 Å². The molecule has 9 heteroatoms. The predicted molar refractivity (Wildman–Crippen MR) is 142 cm³/mol. The summed E-state index contributed by atoms with van der Waals surface area (Å²) in [5, 5.41) is 0.864. The summed E-state index contributed by atoms with van der Waals surface area (Å²) in [4.78, 5) is 45.9. The van der Waals surface area contributed by atoms with Crippen molar-refractivity contribution in [1.82, 2.24) is 29.7 Å². The normalized spacial score (nSPS) is 13.2. The van der Waals surface area contributed by atoms with Crippen LogP contribution in [0.15, 0.2) is 61.2 Å². The molecule has 37 heavy (non-hydrogen) atoms. The number of aromatic nitrogens is 4. The summed E-state index contributed by atoms with van der Waals surface area (Å²) >= 11 is 0. The quantitative estimate of drug-likeness (QED) is 0.408. The van der Waals surface area contributed by atoms with E-state index in [1.54, 1.807) is 29.1 Å². The van der Waals surface area contributed by atoms with Crippen molar-refractivity contribution in [2.75, 3.05) is 32.8 Å². The van der Waals surface area contributed by atoms with E-state index in [1.165, 1.54) is 6.33 Å². The molecule has 0 bridgehead atoms. The monoisotopic (exact) mass is 498 g/mol. The first kappa shape index (κ1) is 25.7. The van der Waals surface area contributed by atoms with Crippen LogP contribution in [0.4, 0.5) is 0 Å². The number of carbonyl (C=O) groups excluding carboxylic acids is 2. The molecular weight excluding hydrogens is 468 g/mol. The lowest BCUT2D eigenvalue weighted by Crippen LogP contribution is -2.50. The van der Waals surface area contributed by atoms with Crippen LogP contribution >= 0.6 is 0 Å². The van der Waals surface area contributed by atoms with Crippen LogP contribution in [-0.2, 0) is 4.79 Å². The van der Waals surface area contributed by atoms with Crippen LogP contribution in [0, 0.1) is 0 Å². The van der Waals surface area contributed by atoms with Crippen LogP contribution in [0.3, 0.4) is 0 Å². The summed E-state index contributed by atoms with van der Waals surface area (Å²) in [7, 11) is 0. The third-order valence-electron chi connectivity index (χ3n) is 6.27. The van der Waals surface area contributed by atoms with Gasteiger partial charge in [0.2, 0.25) is 5.91 Å². The van der Waals surface area contributed by atoms with Crippen molar-refractivity contribution in [3.05, 3.63) is 66.7 Å². The van der Waals surface area contributed by atoms with E-state index in [9.17, 15) is 9.59 Å². The zero-order chi connectivity index (χ0) is 25.1. The van der Waals surface area contributed by atoms with Crippen LogP contribution in [0.5, 0.6) is 6.01 Å². The van der Waals surface area contributed by atoms with Crippen LogP contribution in [0.25, 0.3) is 33.3 Å². The number of amides is 2. The van der Waals surface area contributed by atoms with Gasteiger partial charge < -0.3 is 14.5 Å². The molecule has 0 radical (unpaired) electrons. The molecule has 1 aliphatic heterocycles. The van der Waals surface area contributed by atoms with Crippen LogP contribution in [0.2, 0.25) is 0 Å². The van der Waals surface area contributed by atoms with Gasteiger partial charge in [-0.05, 0) is 36.8 Å². The van der Waals surface area contributed by atoms with Crippen molar-refractivity contribution in [2.24, 2.45) is 0 Å². The predicted octanol–water partition coefficient (Wildman–Crippen LogP) is 4.09. The number of nitrogens with zero attached hydrogens (tertiary/aromatic N) is 6. The number of rotatable bonds is 5. The Balaban J connectivity index is 0.00000320. The molecule has 1 fully saturated rings. The van der Waals surface area contributed by atoms with Gasteiger partial charge in [0.25, 0.3) is 5.91 Å². The standard InChI is InChI=1S/C27H26N6O3.CH4/c1-3-36-27-28-15-22(16-29-27)19-7-8-24-23(14-19)25(31-17-30-24)20-5-4-6-21(13-20)26(35)33-11-9-32(10-12-33)18(2)34;/h4-8,13-17H,3,9-12H2,1-2H3;1H4. The number of carbonyl (C=O) groups is 2. The summed E-state index contributed by atoms with van der Waals surface area (Å²) < 4.78 is 5.34. The largest absolute Gasteiger partial charge is 0.464 e. The number of piperazine rings is 1. The zero-order valence-corrected chi connectivity index (χ0v) is 20.2. The fourth-order valence-electron chi connectivity index (χ4n) is 4.34. The van der Waals surface area contributed by atoms with Gasteiger partial charge in [0.05, 0.1) is 17.8 Å². The van der Waals surface area contributed by atoms with Gasteiger partial charge in [-0.25, -0.2) is 19.9 Å². The lowest BCUT2D eigenvalue weighted by atomic mass is 10.0. The molecule has 9 nitrogen and oxygen atoms in total. The lowest BCUT2D eigenvalue weighted by Gasteiger charge is -2.34. The minimum absolute atomic E-state index is 0. The highest BCUT2D eigenvalue weighted by Gasteiger charge is 2.23. The smallest absolute Gasteiger partial charge is 0.316 e. The maximum Gasteiger partial charge on any atom is 0.316 e. The van der Waals surface area contributed by atoms with E-state index in [0.717, 1.165) is 33.3 Å². The minimum atomic E-state index is -0.0503. The van der Waals surface area contributed by atoms with Gasteiger partial charge >= 0.3 is 6.01 Å². The highest BCUT2D eigenvalue weighted by Crippen LogP contribution is 2.30. The molecule has 0 spiro atoms. The molecule has 0 atom stereocenters. The molecule has 3 heterocycles. The van der Waals surface area contributed by atoms with Crippen molar-refractivity contribution in [3.63, 3.8) is 0 Å². The van der Waals surface area contributed by atoms with E-state index >= 15 is 0 Å². The van der Waals surface area contributed by atoms with Crippen molar-refractivity contribution in [1.29, 1.82) is 0 Å². The molecule has 2 amide bonds. The van der Waals surface area contributed by atoms with Crippen molar-refractivity contribution in [2.45, 2.75) is 21.3 Å². The van der Waals surface area contributed by atoms with Crippen molar-refractivity contribution >= 4 is 22.7 Å². The molecule has 0 aliphatic carbocycles. The molecule has 2 aromatic carbocycles.